The van der Waals surface area contributed by atoms with Gasteiger partial charge in [0.05, 0.1) is 12.6 Å². The van der Waals surface area contributed by atoms with Crippen molar-refractivity contribution in [2.75, 3.05) is 19.0 Å². The minimum atomic E-state index is 0.424. The first kappa shape index (κ1) is 13.5. The van der Waals surface area contributed by atoms with E-state index >= 15 is 0 Å². The lowest BCUT2D eigenvalue weighted by Gasteiger charge is -2.18. The van der Waals surface area contributed by atoms with Gasteiger partial charge in [-0.25, -0.2) is 4.98 Å². The van der Waals surface area contributed by atoms with Crippen molar-refractivity contribution in [3.8, 4) is 0 Å². The highest BCUT2D eigenvalue weighted by Crippen LogP contribution is 2.34. The van der Waals surface area contributed by atoms with Gasteiger partial charge in [0.15, 0.2) is 5.16 Å². The molecule has 2 N–H and O–H groups in total. The Bertz CT molecular complexity index is 525. The van der Waals surface area contributed by atoms with Gasteiger partial charge in [0, 0.05) is 17.7 Å². The van der Waals surface area contributed by atoms with Crippen molar-refractivity contribution in [1.29, 1.82) is 0 Å². The Balaban J connectivity index is 1.60. The number of benzene rings is 1. The van der Waals surface area contributed by atoms with E-state index in [9.17, 15) is 0 Å². The molecule has 0 saturated heterocycles. The summed E-state index contributed by atoms with van der Waals surface area (Å²) >= 11 is 1.57. The van der Waals surface area contributed by atoms with Gasteiger partial charge in [-0.15, -0.1) is 0 Å². The zero-order valence-corrected chi connectivity index (χ0v) is 12.2. The van der Waals surface area contributed by atoms with Gasteiger partial charge < -0.3 is 10.1 Å². The monoisotopic (exact) mass is 290 g/mol. The SMILES string of the molecule is COCC(Nc1ccc(Sc2ncn[nH]2)cc1)C1CC1. The summed E-state index contributed by atoms with van der Waals surface area (Å²) in [4.78, 5) is 5.24. The van der Waals surface area contributed by atoms with E-state index in [0.717, 1.165) is 28.3 Å². The van der Waals surface area contributed by atoms with Crippen LogP contribution in [0.5, 0.6) is 0 Å². The Morgan fingerprint density at radius 1 is 1.40 bits per heavy atom. The zero-order valence-electron chi connectivity index (χ0n) is 11.4. The van der Waals surface area contributed by atoms with Gasteiger partial charge in [-0.2, -0.15) is 5.10 Å². The number of hydrogen-bond acceptors (Lipinski definition) is 5. The van der Waals surface area contributed by atoms with E-state index in [1.54, 1.807) is 18.9 Å². The summed E-state index contributed by atoms with van der Waals surface area (Å²) in [5, 5.41) is 11.0. The average molecular weight is 290 g/mol. The number of H-pyrrole nitrogens is 1. The first-order valence-corrected chi connectivity index (χ1v) is 7.55. The summed E-state index contributed by atoms with van der Waals surface area (Å²) in [5.41, 5.74) is 1.14. The summed E-state index contributed by atoms with van der Waals surface area (Å²) in [5.74, 6) is 0.762. The molecule has 0 aliphatic heterocycles. The first-order valence-electron chi connectivity index (χ1n) is 6.74. The molecule has 2 aromatic rings. The van der Waals surface area contributed by atoms with Crippen LogP contribution in [-0.2, 0) is 4.74 Å². The number of hydrogen-bond donors (Lipinski definition) is 2. The Hall–Kier alpha value is -1.53. The third kappa shape index (κ3) is 3.52. The Kier molecular flexibility index (Phi) is 4.22. The van der Waals surface area contributed by atoms with Crippen LogP contribution in [0.2, 0.25) is 0 Å². The van der Waals surface area contributed by atoms with Gasteiger partial charge in [-0.1, -0.05) is 11.8 Å². The van der Waals surface area contributed by atoms with Gasteiger partial charge in [0.2, 0.25) is 0 Å². The molecule has 1 atom stereocenters. The van der Waals surface area contributed by atoms with Crippen LogP contribution in [-0.4, -0.2) is 34.9 Å². The quantitative estimate of drug-likeness (QED) is 0.821. The molecule has 20 heavy (non-hydrogen) atoms. The molecule has 0 radical (unpaired) electrons. The molecule has 0 spiro atoms. The maximum atomic E-state index is 5.29. The van der Waals surface area contributed by atoms with Crippen molar-refractivity contribution >= 4 is 17.4 Å². The molecule has 1 aliphatic carbocycles. The van der Waals surface area contributed by atoms with Crippen molar-refractivity contribution in [2.45, 2.75) is 28.9 Å². The van der Waals surface area contributed by atoms with Crippen LogP contribution in [0.4, 0.5) is 5.69 Å². The lowest BCUT2D eigenvalue weighted by molar-refractivity contribution is 0.179. The smallest absolute Gasteiger partial charge is 0.188 e. The topological polar surface area (TPSA) is 62.8 Å². The Morgan fingerprint density at radius 2 is 2.20 bits per heavy atom. The molecule has 0 amide bonds. The van der Waals surface area contributed by atoms with Crippen LogP contribution in [0.3, 0.4) is 0 Å². The lowest BCUT2D eigenvalue weighted by Crippen LogP contribution is -2.27. The minimum absolute atomic E-state index is 0.424. The Morgan fingerprint density at radius 3 is 2.80 bits per heavy atom. The summed E-state index contributed by atoms with van der Waals surface area (Å²) in [6, 6.07) is 8.80. The van der Waals surface area contributed by atoms with Crippen LogP contribution in [0.1, 0.15) is 12.8 Å². The highest BCUT2D eigenvalue weighted by atomic mass is 32.2. The van der Waals surface area contributed by atoms with Crippen molar-refractivity contribution < 1.29 is 4.74 Å². The number of ether oxygens (including phenoxy) is 1. The standard InChI is InChI=1S/C14H18N4OS/c1-19-8-13(10-2-3-10)17-11-4-6-12(7-5-11)20-14-15-9-16-18-14/h4-7,9-10,13,17H,2-3,8H2,1H3,(H,15,16,18). The molecule has 3 rings (SSSR count). The predicted octanol–water partition coefficient (Wildman–Crippen LogP) is 2.79. The second-order valence-corrected chi connectivity index (χ2v) is 6.02. The summed E-state index contributed by atoms with van der Waals surface area (Å²) in [6.07, 6.45) is 4.13. The van der Waals surface area contributed by atoms with Crippen LogP contribution in [0, 0.1) is 5.92 Å². The normalized spacial score (nSPS) is 16.1. The molecule has 1 aromatic carbocycles. The van der Waals surface area contributed by atoms with Gasteiger partial charge in [-0.05, 0) is 43.0 Å². The number of aromatic nitrogens is 3. The maximum absolute atomic E-state index is 5.29. The second-order valence-electron chi connectivity index (χ2n) is 4.96. The molecular weight excluding hydrogens is 272 g/mol. The number of methoxy groups -OCH3 is 1. The highest BCUT2D eigenvalue weighted by molar-refractivity contribution is 7.99. The molecule has 1 fully saturated rings. The van der Waals surface area contributed by atoms with Gasteiger partial charge >= 0.3 is 0 Å². The van der Waals surface area contributed by atoms with Gasteiger partial charge in [0.1, 0.15) is 6.33 Å². The molecule has 1 aliphatic rings. The molecule has 6 heteroatoms. The van der Waals surface area contributed by atoms with Crippen LogP contribution in [0.25, 0.3) is 0 Å². The number of anilines is 1. The highest BCUT2D eigenvalue weighted by Gasteiger charge is 2.30. The fourth-order valence-electron chi connectivity index (χ4n) is 2.16. The number of aromatic amines is 1. The predicted molar refractivity (Wildman–Crippen MR) is 79.0 cm³/mol. The van der Waals surface area contributed by atoms with E-state index in [2.05, 4.69) is 44.8 Å². The van der Waals surface area contributed by atoms with Crippen LogP contribution in [0.15, 0.2) is 40.6 Å². The van der Waals surface area contributed by atoms with E-state index in [0.29, 0.717) is 6.04 Å². The van der Waals surface area contributed by atoms with Crippen LogP contribution < -0.4 is 5.32 Å². The van der Waals surface area contributed by atoms with Crippen molar-refractivity contribution in [3.05, 3.63) is 30.6 Å². The summed E-state index contributed by atoms with van der Waals surface area (Å²) in [7, 11) is 1.76. The van der Waals surface area contributed by atoms with Crippen molar-refractivity contribution in [2.24, 2.45) is 5.92 Å². The number of rotatable bonds is 7. The fraction of sp³-hybridized carbons (Fsp3) is 0.429. The number of nitrogens with one attached hydrogen (secondary N) is 2. The lowest BCUT2D eigenvalue weighted by atomic mass is 10.2. The van der Waals surface area contributed by atoms with Crippen LogP contribution >= 0.6 is 11.8 Å². The second kappa shape index (κ2) is 6.28. The van der Waals surface area contributed by atoms with Gasteiger partial charge in [-0.3, -0.25) is 5.10 Å². The van der Waals surface area contributed by atoms with Crippen molar-refractivity contribution in [1.82, 2.24) is 15.2 Å². The first-order chi connectivity index (χ1) is 9.85. The maximum Gasteiger partial charge on any atom is 0.188 e. The molecule has 106 valence electrons. The zero-order chi connectivity index (χ0) is 13.8. The molecule has 1 heterocycles. The third-order valence-electron chi connectivity index (χ3n) is 3.35. The molecule has 1 aromatic heterocycles. The molecule has 1 saturated carbocycles. The Labute approximate surface area is 122 Å². The minimum Gasteiger partial charge on any atom is -0.383 e. The van der Waals surface area contributed by atoms with E-state index < -0.39 is 0 Å². The van der Waals surface area contributed by atoms with Gasteiger partial charge in [0.25, 0.3) is 0 Å². The molecular formula is C14H18N4OS. The largest absolute Gasteiger partial charge is 0.383 e. The summed E-state index contributed by atoms with van der Waals surface area (Å²) < 4.78 is 5.29. The van der Waals surface area contributed by atoms with Crippen molar-refractivity contribution in [3.63, 3.8) is 0 Å². The molecule has 0 bridgehead atoms. The van der Waals surface area contributed by atoms with E-state index in [-0.39, 0.29) is 0 Å². The van der Waals surface area contributed by atoms with E-state index in [1.165, 1.54) is 19.2 Å². The summed E-state index contributed by atoms with van der Waals surface area (Å²) in [6.45, 7) is 0.763. The molecule has 1 unspecified atom stereocenters. The number of nitrogens with zero attached hydrogens (tertiary/aromatic N) is 2. The van der Waals surface area contributed by atoms with E-state index in [4.69, 9.17) is 4.74 Å². The van der Waals surface area contributed by atoms with E-state index in [1.807, 2.05) is 0 Å². The molecule has 5 nitrogen and oxygen atoms in total. The fourth-order valence-corrected chi connectivity index (χ4v) is 2.86. The third-order valence-corrected chi connectivity index (χ3v) is 4.25. The average Bonchev–Trinajstić information content (AvgIpc) is 3.19.